The first-order valence-electron chi connectivity index (χ1n) is 8.73. The van der Waals surface area contributed by atoms with Gasteiger partial charge in [0.15, 0.2) is 0 Å². The second kappa shape index (κ2) is 7.95. The highest BCUT2D eigenvalue weighted by molar-refractivity contribution is 7.89. The molecule has 1 unspecified atom stereocenters. The highest BCUT2D eigenvalue weighted by atomic mass is 32.2. The Kier molecular flexibility index (Phi) is 5.62. The van der Waals surface area contributed by atoms with E-state index >= 15 is 0 Å². The van der Waals surface area contributed by atoms with Crippen LogP contribution in [-0.2, 0) is 21.2 Å². The zero-order valence-corrected chi connectivity index (χ0v) is 16.5. The first kappa shape index (κ1) is 19.8. The number of likely N-dealkylation sites (N-methyl/N-ethyl adjacent to an activating group) is 1. The van der Waals surface area contributed by atoms with Crippen LogP contribution in [0.1, 0.15) is 24.1 Å². The predicted molar refractivity (Wildman–Crippen MR) is 106 cm³/mol. The van der Waals surface area contributed by atoms with Gasteiger partial charge in [0.1, 0.15) is 0 Å². The van der Waals surface area contributed by atoms with Crippen LogP contribution in [0.3, 0.4) is 0 Å². The maximum Gasteiger partial charge on any atom is 0.238 e. The van der Waals surface area contributed by atoms with Gasteiger partial charge in [0.05, 0.1) is 29.2 Å². The summed E-state index contributed by atoms with van der Waals surface area (Å²) in [6.45, 7) is 1.89. The maximum absolute atomic E-state index is 12.7. The molecule has 8 heteroatoms. The van der Waals surface area contributed by atoms with E-state index in [1.165, 1.54) is 12.1 Å². The number of nitrogens with zero attached hydrogens (tertiary/aromatic N) is 3. The standard InChI is InChI=1S/C20H22N4O3S/c1-15(17-8-10-19(11-9-17)28(21,26)27)23(2)20(25)12-16-13-22-24(14-16)18-6-4-3-5-7-18/h3-11,13-15H,12H2,1-2H3,(H2,21,26,27). The van der Waals surface area contributed by atoms with Crippen molar-refractivity contribution in [2.45, 2.75) is 24.3 Å². The lowest BCUT2D eigenvalue weighted by atomic mass is 10.1. The number of rotatable bonds is 6. The van der Waals surface area contributed by atoms with E-state index in [4.69, 9.17) is 5.14 Å². The number of aromatic nitrogens is 2. The lowest BCUT2D eigenvalue weighted by molar-refractivity contribution is -0.131. The lowest BCUT2D eigenvalue weighted by Gasteiger charge is -2.25. The van der Waals surface area contributed by atoms with Gasteiger partial charge in [-0.05, 0) is 42.3 Å². The summed E-state index contributed by atoms with van der Waals surface area (Å²) in [5, 5.41) is 9.43. The Hall–Kier alpha value is -2.97. The van der Waals surface area contributed by atoms with E-state index in [2.05, 4.69) is 5.10 Å². The normalized spacial score (nSPS) is 12.5. The van der Waals surface area contributed by atoms with Gasteiger partial charge in [-0.2, -0.15) is 5.10 Å². The molecule has 7 nitrogen and oxygen atoms in total. The molecule has 0 radical (unpaired) electrons. The van der Waals surface area contributed by atoms with Crippen LogP contribution in [0.4, 0.5) is 0 Å². The molecule has 0 aliphatic carbocycles. The van der Waals surface area contributed by atoms with Crippen molar-refractivity contribution in [3.8, 4) is 5.69 Å². The molecule has 146 valence electrons. The molecule has 2 N–H and O–H groups in total. The van der Waals surface area contributed by atoms with E-state index in [9.17, 15) is 13.2 Å². The largest absolute Gasteiger partial charge is 0.339 e. The molecule has 28 heavy (non-hydrogen) atoms. The Balaban J connectivity index is 1.68. The third-order valence-corrected chi connectivity index (χ3v) is 5.61. The summed E-state index contributed by atoms with van der Waals surface area (Å²) in [5.74, 6) is -0.0596. The monoisotopic (exact) mass is 398 g/mol. The molecule has 1 aromatic heterocycles. The van der Waals surface area contributed by atoms with Crippen molar-refractivity contribution in [1.29, 1.82) is 0 Å². The molecule has 0 fully saturated rings. The highest BCUT2D eigenvalue weighted by Crippen LogP contribution is 2.21. The second-order valence-corrected chi connectivity index (χ2v) is 8.16. The predicted octanol–water partition coefficient (Wildman–Crippen LogP) is 2.28. The molecular weight excluding hydrogens is 376 g/mol. The molecule has 0 spiro atoms. The number of amides is 1. The van der Waals surface area contributed by atoms with Crippen molar-refractivity contribution < 1.29 is 13.2 Å². The number of benzene rings is 2. The Bertz CT molecular complexity index is 1060. The van der Waals surface area contributed by atoms with Crippen molar-refractivity contribution in [2.24, 2.45) is 5.14 Å². The van der Waals surface area contributed by atoms with E-state index in [-0.39, 0.29) is 23.3 Å². The molecule has 0 aliphatic rings. The Morgan fingerprint density at radius 3 is 2.39 bits per heavy atom. The zero-order chi connectivity index (χ0) is 20.3. The zero-order valence-electron chi connectivity index (χ0n) is 15.7. The number of primary sulfonamides is 1. The SMILES string of the molecule is CC(c1ccc(S(N)(=O)=O)cc1)N(C)C(=O)Cc1cnn(-c2ccccc2)c1. The van der Waals surface area contributed by atoms with Crippen LogP contribution >= 0.6 is 0 Å². The quantitative estimate of drug-likeness (QED) is 0.689. The molecule has 0 saturated heterocycles. The Morgan fingerprint density at radius 1 is 1.14 bits per heavy atom. The van der Waals surface area contributed by atoms with Gasteiger partial charge in [0.2, 0.25) is 15.9 Å². The Labute approximate surface area is 164 Å². The lowest BCUT2D eigenvalue weighted by Crippen LogP contribution is -2.30. The summed E-state index contributed by atoms with van der Waals surface area (Å²) in [5.41, 5.74) is 2.57. The molecule has 0 aliphatic heterocycles. The van der Waals surface area contributed by atoms with Gasteiger partial charge in [-0.1, -0.05) is 30.3 Å². The molecule has 1 amide bonds. The summed E-state index contributed by atoms with van der Waals surface area (Å²) in [4.78, 5) is 14.3. The van der Waals surface area contributed by atoms with Crippen LogP contribution in [0, 0.1) is 0 Å². The minimum Gasteiger partial charge on any atom is -0.339 e. The van der Waals surface area contributed by atoms with Gasteiger partial charge < -0.3 is 4.90 Å². The topological polar surface area (TPSA) is 98.3 Å². The average Bonchev–Trinajstić information content (AvgIpc) is 3.15. The summed E-state index contributed by atoms with van der Waals surface area (Å²) in [6.07, 6.45) is 3.75. The van der Waals surface area contributed by atoms with E-state index in [0.717, 1.165) is 16.8 Å². The van der Waals surface area contributed by atoms with Crippen LogP contribution in [0.25, 0.3) is 5.69 Å². The number of hydrogen-bond donors (Lipinski definition) is 1. The summed E-state index contributed by atoms with van der Waals surface area (Å²) in [6, 6.07) is 15.7. The number of hydrogen-bond acceptors (Lipinski definition) is 4. The minimum atomic E-state index is -3.73. The fraction of sp³-hybridized carbons (Fsp3) is 0.200. The molecule has 2 aromatic carbocycles. The van der Waals surface area contributed by atoms with Crippen molar-refractivity contribution in [3.63, 3.8) is 0 Å². The average molecular weight is 398 g/mol. The number of carbonyl (C=O) groups is 1. The van der Waals surface area contributed by atoms with Gasteiger partial charge >= 0.3 is 0 Å². The third-order valence-electron chi connectivity index (χ3n) is 4.68. The summed E-state index contributed by atoms with van der Waals surface area (Å²) in [7, 11) is -2.01. The fourth-order valence-corrected chi connectivity index (χ4v) is 3.36. The molecule has 1 heterocycles. The first-order chi connectivity index (χ1) is 13.3. The number of carbonyl (C=O) groups excluding carboxylic acids is 1. The van der Waals surface area contributed by atoms with E-state index in [1.54, 1.807) is 35.0 Å². The molecule has 3 aromatic rings. The smallest absolute Gasteiger partial charge is 0.238 e. The van der Waals surface area contributed by atoms with Gasteiger partial charge in [-0.3, -0.25) is 4.79 Å². The number of sulfonamides is 1. The third kappa shape index (κ3) is 4.47. The van der Waals surface area contributed by atoms with Gasteiger partial charge in [0, 0.05) is 13.2 Å². The first-order valence-corrected chi connectivity index (χ1v) is 10.3. The van der Waals surface area contributed by atoms with Crippen LogP contribution in [-0.4, -0.2) is 36.1 Å². The van der Waals surface area contributed by atoms with Crippen molar-refractivity contribution in [3.05, 3.63) is 78.1 Å². The van der Waals surface area contributed by atoms with Crippen molar-refractivity contribution in [2.75, 3.05) is 7.05 Å². The van der Waals surface area contributed by atoms with Crippen LogP contribution in [0.2, 0.25) is 0 Å². The molecular formula is C20H22N4O3S. The van der Waals surface area contributed by atoms with Crippen LogP contribution < -0.4 is 5.14 Å². The maximum atomic E-state index is 12.7. The molecule has 0 saturated carbocycles. The van der Waals surface area contributed by atoms with E-state index in [1.807, 2.05) is 43.5 Å². The van der Waals surface area contributed by atoms with Crippen molar-refractivity contribution in [1.82, 2.24) is 14.7 Å². The Morgan fingerprint density at radius 2 is 1.79 bits per heavy atom. The minimum absolute atomic E-state index is 0.0470. The van der Waals surface area contributed by atoms with Crippen LogP contribution in [0.5, 0.6) is 0 Å². The molecule has 0 bridgehead atoms. The number of para-hydroxylation sites is 1. The van der Waals surface area contributed by atoms with Gasteiger partial charge in [-0.25, -0.2) is 18.2 Å². The summed E-state index contributed by atoms with van der Waals surface area (Å²) >= 11 is 0. The second-order valence-electron chi connectivity index (χ2n) is 6.60. The molecule has 1 atom stereocenters. The highest BCUT2D eigenvalue weighted by Gasteiger charge is 2.19. The number of nitrogens with two attached hydrogens (primary N) is 1. The van der Waals surface area contributed by atoms with Crippen molar-refractivity contribution >= 4 is 15.9 Å². The van der Waals surface area contributed by atoms with E-state index < -0.39 is 10.0 Å². The van der Waals surface area contributed by atoms with E-state index in [0.29, 0.717) is 0 Å². The van der Waals surface area contributed by atoms with Gasteiger partial charge in [0.25, 0.3) is 0 Å². The summed E-state index contributed by atoms with van der Waals surface area (Å²) < 4.78 is 24.5. The van der Waals surface area contributed by atoms with Crippen LogP contribution in [0.15, 0.2) is 71.9 Å². The van der Waals surface area contributed by atoms with Gasteiger partial charge in [-0.15, -0.1) is 0 Å². The molecule has 3 rings (SSSR count). The fourth-order valence-electron chi connectivity index (χ4n) is 2.85.